The Kier molecular flexibility index (Phi) is 3.53. The molecule has 0 atom stereocenters. The molecule has 0 unspecified atom stereocenters. The molecule has 0 spiro atoms. The zero-order chi connectivity index (χ0) is 14.8. The fourth-order valence-electron chi connectivity index (χ4n) is 2.62. The van der Waals surface area contributed by atoms with E-state index in [1.165, 1.54) is 27.6 Å². The normalized spacial score (nSPS) is 10.6. The quantitative estimate of drug-likeness (QED) is 0.694. The van der Waals surface area contributed by atoms with Gasteiger partial charge >= 0.3 is 0 Å². The second kappa shape index (κ2) is 5.49. The van der Waals surface area contributed by atoms with E-state index < -0.39 is 0 Å². The number of hydrogen-bond acceptors (Lipinski definition) is 2. The van der Waals surface area contributed by atoms with Crippen LogP contribution in [-0.4, -0.2) is 21.2 Å². The number of fused-ring (bicyclic) bond motifs is 1. The van der Waals surface area contributed by atoms with Crippen molar-refractivity contribution in [3.63, 3.8) is 0 Å². The van der Waals surface area contributed by atoms with Crippen molar-refractivity contribution >= 4 is 16.5 Å². The monoisotopic (exact) mass is 277 g/mol. The summed E-state index contributed by atoms with van der Waals surface area (Å²) in [6.45, 7) is 0. The van der Waals surface area contributed by atoms with Gasteiger partial charge in [-0.05, 0) is 46.8 Å². The lowest BCUT2D eigenvalue weighted by molar-refractivity contribution is 0.415. The molecule has 3 rings (SSSR count). The average Bonchev–Trinajstić information content (AvgIpc) is 2.53. The summed E-state index contributed by atoms with van der Waals surface area (Å²) >= 11 is 0. The highest BCUT2D eigenvalue weighted by molar-refractivity contribution is 5.98. The van der Waals surface area contributed by atoms with Crippen LogP contribution in [0, 0.1) is 0 Å². The van der Waals surface area contributed by atoms with E-state index in [1.54, 1.807) is 7.11 Å². The summed E-state index contributed by atoms with van der Waals surface area (Å²) in [5, 5.41) is 2.43. The fourth-order valence-corrected chi connectivity index (χ4v) is 2.62. The van der Waals surface area contributed by atoms with Gasteiger partial charge in [0.2, 0.25) is 0 Å². The molecule has 0 aliphatic heterocycles. The van der Waals surface area contributed by atoms with Crippen LogP contribution in [0.2, 0.25) is 0 Å². The van der Waals surface area contributed by atoms with Crippen molar-refractivity contribution < 1.29 is 4.74 Å². The number of rotatable bonds is 3. The first-order chi connectivity index (χ1) is 10.2. The summed E-state index contributed by atoms with van der Waals surface area (Å²) in [5.74, 6) is 0.886. The Morgan fingerprint density at radius 1 is 0.810 bits per heavy atom. The lowest BCUT2D eigenvalue weighted by atomic mass is 9.99. The largest absolute Gasteiger partial charge is 0.497 e. The topological polar surface area (TPSA) is 12.5 Å². The Bertz CT molecular complexity index is 763. The van der Waals surface area contributed by atoms with Gasteiger partial charge in [-0.3, -0.25) is 0 Å². The molecule has 2 heteroatoms. The van der Waals surface area contributed by atoms with Crippen molar-refractivity contribution in [3.8, 4) is 16.9 Å². The summed E-state index contributed by atoms with van der Waals surface area (Å²) in [6.07, 6.45) is 0. The van der Waals surface area contributed by atoms with Crippen LogP contribution in [-0.2, 0) is 0 Å². The van der Waals surface area contributed by atoms with Crippen molar-refractivity contribution in [3.05, 3.63) is 60.7 Å². The van der Waals surface area contributed by atoms with Gasteiger partial charge in [-0.2, -0.15) is 0 Å². The summed E-state index contributed by atoms with van der Waals surface area (Å²) in [5.41, 5.74) is 3.67. The van der Waals surface area contributed by atoms with Crippen LogP contribution in [0.25, 0.3) is 21.9 Å². The lowest BCUT2D eigenvalue weighted by Crippen LogP contribution is -2.09. The molecule has 2 nitrogen and oxygen atoms in total. The molecule has 0 aromatic heterocycles. The molecule has 0 saturated carbocycles. The Balaban J connectivity index is 2.27. The molecule has 3 aromatic carbocycles. The third-order valence-corrected chi connectivity index (χ3v) is 3.73. The minimum atomic E-state index is 0.886. The Labute approximate surface area is 125 Å². The molecular formula is C19H19NO. The standard InChI is InChI=1S/C19H19NO/c1-20(2)19-13-15(14-7-5-4-6-8-14)11-16-12-17(21-3)9-10-18(16)19/h4-13H,1-3H3. The van der Waals surface area contributed by atoms with Crippen molar-refractivity contribution in [1.82, 2.24) is 0 Å². The summed E-state index contributed by atoms with van der Waals surface area (Å²) in [6, 6.07) is 21.2. The summed E-state index contributed by atoms with van der Waals surface area (Å²) < 4.78 is 5.35. The van der Waals surface area contributed by atoms with Gasteiger partial charge < -0.3 is 9.64 Å². The van der Waals surface area contributed by atoms with Crippen LogP contribution < -0.4 is 9.64 Å². The summed E-state index contributed by atoms with van der Waals surface area (Å²) in [7, 11) is 5.86. The molecule has 0 aliphatic rings. The highest BCUT2D eigenvalue weighted by Crippen LogP contribution is 2.34. The molecule has 0 radical (unpaired) electrons. The van der Waals surface area contributed by atoms with E-state index in [0.29, 0.717) is 0 Å². The van der Waals surface area contributed by atoms with E-state index in [1.807, 2.05) is 12.1 Å². The lowest BCUT2D eigenvalue weighted by Gasteiger charge is -2.18. The highest BCUT2D eigenvalue weighted by Gasteiger charge is 2.08. The first-order valence-corrected chi connectivity index (χ1v) is 7.03. The molecule has 106 valence electrons. The third kappa shape index (κ3) is 2.57. The van der Waals surface area contributed by atoms with Gasteiger partial charge in [-0.1, -0.05) is 30.3 Å². The molecule has 0 aliphatic carbocycles. The second-order valence-electron chi connectivity index (χ2n) is 5.34. The number of benzene rings is 3. The average molecular weight is 277 g/mol. The van der Waals surface area contributed by atoms with Crippen LogP contribution in [0.5, 0.6) is 5.75 Å². The van der Waals surface area contributed by atoms with Crippen LogP contribution >= 0.6 is 0 Å². The van der Waals surface area contributed by atoms with Crippen molar-refractivity contribution in [1.29, 1.82) is 0 Å². The Hall–Kier alpha value is -2.48. The predicted molar refractivity (Wildman–Crippen MR) is 90.3 cm³/mol. The number of anilines is 1. The third-order valence-electron chi connectivity index (χ3n) is 3.73. The second-order valence-corrected chi connectivity index (χ2v) is 5.34. The van der Waals surface area contributed by atoms with Gasteiger partial charge in [0.1, 0.15) is 5.75 Å². The molecule has 3 aromatic rings. The first kappa shape index (κ1) is 13.5. The van der Waals surface area contributed by atoms with Gasteiger partial charge in [0.15, 0.2) is 0 Å². The predicted octanol–water partition coefficient (Wildman–Crippen LogP) is 4.58. The molecular weight excluding hydrogens is 258 g/mol. The fraction of sp³-hybridized carbons (Fsp3) is 0.158. The zero-order valence-electron chi connectivity index (χ0n) is 12.6. The smallest absolute Gasteiger partial charge is 0.119 e. The molecule has 21 heavy (non-hydrogen) atoms. The van der Waals surface area contributed by atoms with E-state index in [9.17, 15) is 0 Å². The first-order valence-electron chi connectivity index (χ1n) is 7.03. The number of hydrogen-bond donors (Lipinski definition) is 0. The van der Waals surface area contributed by atoms with E-state index in [2.05, 4.69) is 67.5 Å². The van der Waals surface area contributed by atoms with Crippen LogP contribution in [0.4, 0.5) is 5.69 Å². The molecule has 0 fully saturated rings. The van der Waals surface area contributed by atoms with Gasteiger partial charge in [0, 0.05) is 25.2 Å². The van der Waals surface area contributed by atoms with Gasteiger partial charge in [0.05, 0.1) is 7.11 Å². The maximum absolute atomic E-state index is 5.35. The maximum atomic E-state index is 5.35. The van der Waals surface area contributed by atoms with E-state index in [-0.39, 0.29) is 0 Å². The minimum Gasteiger partial charge on any atom is -0.497 e. The molecule has 0 saturated heterocycles. The number of methoxy groups -OCH3 is 1. The van der Waals surface area contributed by atoms with E-state index in [0.717, 1.165) is 5.75 Å². The van der Waals surface area contributed by atoms with Crippen LogP contribution in [0.3, 0.4) is 0 Å². The molecule has 0 N–H and O–H groups in total. The molecule has 0 heterocycles. The van der Waals surface area contributed by atoms with Crippen LogP contribution in [0.1, 0.15) is 0 Å². The summed E-state index contributed by atoms with van der Waals surface area (Å²) in [4.78, 5) is 2.15. The van der Waals surface area contributed by atoms with Gasteiger partial charge in [-0.25, -0.2) is 0 Å². The SMILES string of the molecule is COc1ccc2c(N(C)C)cc(-c3ccccc3)cc2c1. The van der Waals surface area contributed by atoms with Crippen molar-refractivity contribution in [2.75, 3.05) is 26.1 Å². The van der Waals surface area contributed by atoms with Crippen molar-refractivity contribution in [2.24, 2.45) is 0 Å². The van der Waals surface area contributed by atoms with Gasteiger partial charge in [0.25, 0.3) is 0 Å². The maximum Gasteiger partial charge on any atom is 0.119 e. The molecule has 0 amide bonds. The zero-order valence-corrected chi connectivity index (χ0v) is 12.6. The molecule has 0 bridgehead atoms. The van der Waals surface area contributed by atoms with Crippen molar-refractivity contribution in [2.45, 2.75) is 0 Å². The van der Waals surface area contributed by atoms with Crippen LogP contribution in [0.15, 0.2) is 60.7 Å². The number of nitrogens with zero attached hydrogens (tertiary/aromatic N) is 1. The Morgan fingerprint density at radius 3 is 2.24 bits per heavy atom. The van der Waals surface area contributed by atoms with Gasteiger partial charge in [-0.15, -0.1) is 0 Å². The highest BCUT2D eigenvalue weighted by atomic mass is 16.5. The van der Waals surface area contributed by atoms with E-state index >= 15 is 0 Å². The minimum absolute atomic E-state index is 0.886. The Morgan fingerprint density at radius 2 is 1.57 bits per heavy atom. The number of ether oxygens (including phenoxy) is 1. The van der Waals surface area contributed by atoms with E-state index in [4.69, 9.17) is 4.74 Å².